The van der Waals surface area contributed by atoms with E-state index in [4.69, 9.17) is 0 Å². The molecule has 4 heterocycles. The van der Waals surface area contributed by atoms with Crippen LogP contribution in [0, 0.1) is 17.5 Å². The second kappa shape index (κ2) is 10.4. The van der Waals surface area contributed by atoms with Crippen LogP contribution in [0.15, 0.2) is 65.1 Å². The molecule has 0 radical (unpaired) electrons. The molecular weight excluding hydrogens is 561 g/mol. The standard InChI is InChI=1S/C27H23F3N6O4S/c1-4-22(37)34-10-11-35(15(2)14-34)25-16-12-19(30)24(23-17(28)6-5-7-18(23)29)32-26(16)36(27(38)33-25)20-13-31-9-8-21(20)41(3,39)40/h4-9,12-13,15H,1,10-11,14H2,2-3H3/t15-/m0/s1. The molecule has 3 aromatic heterocycles. The van der Waals surface area contributed by atoms with Crippen LogP contribution in [0.1, 0.15) is 6.92 Å². The molecule has 1 aliphatic heterocycles. The summed E-state index contributed by atoms with van der Waals surface area (Å²) in [6, 6.07) is 4.71. The van der Waals surface area contributed by atoms with Crippen molar-refractivity contribution in [3.05, 3.63) is 83.3 Å². The zero-order chi connectivity index (χ0) is 29.6. The monoisotopic (exact) mass is 584 g/mol. The fourth-order valence-electron chi connectivity index (χ4n) is 4.90. The van der Waals surface area contributed by atoms with Crippen molar-refractivity contribution < 1.29 is 26.4 Å². The molecule has 212 valence electrons. The second-order valence-electron chi connectivity index (χ2n) is 9.49. The number of nitrogens with zero attached hydrogens (tertiary/aromatic N) is 6. The highest BCUT2D eigenvalue weighted by atomic mass is 32.2. The van der Waals surface area contributed by atoms with Gasteiger partial charge in [-0.3, -0.25) is 9.78 Å². The smallest absolute Gasteiger partial charge is 0.350 e. The van der Waals surface area contributed by atoms with Gasteiger partial charge in [-0.1, -0.05) is 12.6 Å². The zero-order valence-electron chi connectivity index (χ0n) is 21.9. The summed E-state index contributed by atoms with van der Waals surface area (Å²) in [6.07, 6.45) is 4.44. The molecule has 1 atom stereocenters. The quantitative estimate of drug-likeness (QED) is 0.329. The SMILES string of the molecule is C=CC(=O)N1CCN(c2nc(=O)n(-c3cnccc3S(C)(=O)=O)c3nc(-c4c(F)cccc4F)c(F)cc23)[C@@H](C)C1. The van der Waals surface area contributed by atoms with Crippen LogP contribution in [-0.4, -0.2) is 70.7 Å². The summed E-state index contributed by atoms with van der Waals surface area (Å²) in [6.45, 7) is 5.97. The van der Waals surface area contributed by atoms with Gasteiger partial charge in [-0.15, -0.1) is 0 Å². The summed E-state index contributed by atoms with van der Waals surface area (Å²) in [5.41, 5.74) is -2.99. The number of rotatable bonds is 5. The Morgan fingerprint density at radius 2 is 1.80 bits per heavy atom. The van der Waals surface area contributed by atoms with Crippen LogP contribution in [0.5, 0.6) is 0 Å². The van der Waals surface area contributed by atoms with Crippen molar-refractivity contribution in [2.24, 2.45) is 0 Å². The fourth-order valence-corrected chi connectivity index (χ4v) is 5.73. The molecule has 0 saturated carbocycles. The number of benzene rings is 1. The minimum atomic E-state index is -3.91. The lowest BCUT2D eigenvalue weighted by Gasteiger charge is -2.40. The van der Waals surface area contributed by atoms with Crippen molar-refractivity contribution in [3.8, 4) is 16.9 Å². The lowest BCUT2D eigenvalue weighted by atomic mass is 10.1. The Labute approximate surface area is 232 Å². The van der Waals surface area contributed by atoms with E-state index in [2.05, 4.69) is 21.5 Å². The number of carbonyl (C=O) groups is 1. The van der Waals surface area contributed by atoms with E-state index >= 15 is 4.39 Å². The number of anilines is 1. The normalized spacial score (nSPS) is 15.8. The van der Waals surface area contributed by atoms with Gasteiger partial charge in [0.25, 0.3) is 0 Å². The predicted molar refractivity (Wildman–Crippen MR) is 145 cm³/mol. The number of halogens is 3. The van der Waals surface area contributed by atoms with E-state index in [9.17, 15) is 26.8 Å². The molecule has 1 aliphatic rings. The number of pyridine rings is 2. The molecule has 1 aromatic carbocycles. The molecule has 14 heteroatoms. The Bertz CT molecular complexity index is 1880. The molecule has 0 N–H and O–H groups in total. The number of aromatic nitrogens is 4. The molecule has 10 nitrogen and oxygen atoms in total. The zero-order valence-corrected chi connectivity index (χ0v) is 22.7. The van der Waals surface area contributed by atoms with E-state index in [0.717, 1.165) is 41.3 Å². The summed E-state index contributed by atoms with van der Waals surface area (Å²) >= 11 is 0. The van der Waals surface area contributed by atoms with Crippen molar-refractivity contribution in [2.75, 3.05) is 30.8 Å². The average molecular weight is 585 g/mol. The van der Waals surface area contributed by atoms with Crippen LogP contribution in [0.2, 0.25) is 0 Å². The Morgan fingerprint density at radius 1 is 1.10 bits per heavy atom. The molecule has 5 rings (SSSR count). The first-order valence-electron chi connectivity index (χ1n) is 12.3. The van der Waals surface area contributed by atoms with Crippen LogP contribution >= 0.6 is 0 Å². The number of hydrogen-bond donors (Lipinski definition) is 0. The molecule has 1 fully saturated rings. The summed E-state index contributed by atoms with van der Waals surface area (Å²) in [4.78, 5) is 41.0. The van der Waals surface area contributed by atoms with Gasteiger partial charge in [0.15, 0.2) is 21.3 Å². The van der Waals surface area contributed by atoms with Gasteiger partial charge in [-0.25, -0.2) is 35.9 Å². The van der Waals surface area contributed by atoms with Gasteiger partial charge in [0.05, 0.1) is 27.7 Å². The summed E-state index contributed by atoms with van der Waals surface area (Å²) < 4.78 is 71.1. The molecule has 1 saturated heterocycles. The van der Waals surface area contributed by atoms with Crippen molar-refractivity contribution in [2.45, 2.75) is 17.9 Å². The van der Waals surface area contributed by atoms with Gasteiger partial charge >= 0.3 is 5.69 Å². The maximum Gasteiger partial charge on any atom is 0.355 e. The van der Waals surface area contributed by atoms with Crippen molar-refractivity contribution in [1.29, 1.82) is 0 Å². The third kappa shape index (κ3) is 4.94. The summed E-state index contributed by atoms with van der Waals surface area (Å²) in [5.74, 6) is -3.55. The minimum Gasteiger partial charge on any atom is -0.350 e. The van der Waals surface area contributed by atoms with E-state index in [1.807, 2.05) is 0 Å². The first kappa shape index (κ1) is 28.0. The van der Waals surface area contributed by atoms with Crippen LogP contribution in [0.25, 0.3) is 28.0 Å². The van der Waals surface area contributed by atoms with Gasteiger partial charge in [0.2, 0.25) is 5.91 Å². The number of hydrogen-bond acceptors (Lipinski definition) is 8. The van der Waals surface area contributed by atoms with E-state index in [1.165, 1.54) is 18.3 Å². The largest absolute Gasteiger partial charge is 0.355 e. The van der Waals surface area contributed by atoms with E-state index in [1.54, 1.807) is 16.7 Å². The lowest BCUT2D eigenvalue weighted by Crippen LogP contribution is -2.54. The third-order valence-corrected chi connectivity index (χ3v) is 7.93. The maximum atomic E-state index is 15.6. The highest BCUT2D eigenvalue weighted by Gasteiger charge is 2.31. The Morgan fingerprint density at radius 3 is 2.44 bits per heavy atom. The predicted octanol–water partition coefficient (Wildman–Crippen LogP) is 2.89. The maximum absolute atomic E-state index is 15.6. The van der Waals surface area contributed by atoms with E-state index < -0.39 is 50.3 Å². The van der Waals surface area contributed by atoms with Crippen LogP contribution in [0.4, 0.5) is 19.0 Å². The van der Waals surface area contributed by atoms with Gasteiger partial charge in [0, 0.05) is 38.1 Å². The molecule has 0 bridgehead atoms. The van der Waals surface area contributed by atoms with Crippen LogP contribution < -0.4 is 10.6 Å². The van der Waals surface area contributed by atoms with Crippen LogP contribution in [0.3, 0.4) is 0 Å². The fraction of sp³-hybridized carbons (Fsp3) is 0.222. The minimum absolute atomic E-state index is 0.0104. The molecule has 0 spiro atoms. The number of piperazine rings is 1. The van der Waals surface area contributed by atoms with E-state index in [-0.39, 0.29) is 53.0 Å². The first-order chi connectivity index (χ1) is 19.4. The second-order valence-corrected chi connectivity index (χ2v) is 11.5. The summed E-state index contributed by atoms with van der Waals surface area (Å²) in [7, 11) is -3.91. The van der Waals surface area contributed by atoms with Crippen molar-refractivity contribution in [3.63, 3.8) is 0 Å². The van der Waals surface area contributed by atoms with Gasteiger partial charge in [-0.05, 0) is 37.3 Å². The van der Waals surface area contributed by atoms with Gasteiger partial charge in [0.1, 0.15) is 23.1 Å². The van der Waals surface area contributed by atoms with E-state index in [0.29, 0.717) is 0 Å². The topological polar surface area (TPSA) is 118 Å². The number of amides is 1. The Balaban J connectivity index is 1.83. The lowest BCUT2D eigenvalue weighted by molar-refractivity contribution is -0.126. The third-order valence-electron chi connectivity index (χ3n) is 6.79. The van der Waals surface area contributed by atoms with Crippen LogP contribution in [-0.2, 0) is 14.6 Å². The molecule has 4 aromatic rings. The highest BCUT2D eigenvalue weighted by molar-refractivity contribution is 7.90. The number of fused-ring (bicyclic) bond motifs is 1. The Hall–Kier alpha value is -4.59. The van der Waals surface area contributed by atoms with Gasteiger partial charge in [-0.2, -0.15) is 4.98 Å². The first-order valence-corrected chi connectivity index (χ1v) is 14.2. The molecule has 0 unspecified atom stereocenters. The summed E-state index contributed by atoms with van der Waals surface area (Å²) in [5, 5.41) is -0.0266. The number of carbonyl (C=O) groups excluding carboxylic acids is 1. The average Bonchev–Trinajstić information content (AvgIpc) is 2.92. The molecule has 41 heavy (non-hydrogen) atoms. The molecule has 0 aliphatic carbocycles. The molecule has 1 amide bonds. The number of sulfone groups is 1. The Kier molecular flexibility index (Phi) is 7.11. The van der Waals surface area contributed by atoms with Crippen molar-refractivity contribution in [1.82, 2.24) is 24.4 Å². The van der Waals surface area contributed by atoms with Crippen molar-refractivity contribution >= 4 is 32.6 Å². The highest BCUT2D eigenvalue weighted by Crippen LogP contribution is 2.34. The molecular formula is C27H23F3N6O4S. The van der Waals surface area contributed by atoms with Gasteiger partial charge < -0.3 is 9.80 Å².